The molecular formula is C26H33F2NO2S. The Morgan fingerprint density at radius 1 is 0.969 bits per heavy atom. The van der Waals surface area contributed by atoms with Crippen molar-refractivity contribution in [1.82, 2.24) is 4.98 Å². The molecule has 3 aromatic rings. The van der Waals surface area contributed by atoms with Gasteiger partial charge in [0.25, 0.3) is 0 Å². The zero-order valence-corrected chi connectivity index (χ0v) is 20.3. The van der Waals surface area contributed by atoms with Gasteiger partial charge in [0.05, 0.1) is 0 Å². The number of nitrogens with zero attached hydrogens (tertiary/aromatic N) is 1. The second kappa shape index (κ2) is 13.7. The minimum atomic E-state index is -2.66. The summed E-state index contributed by atoms with van der Waals surface area (Å²) < 4.78 is 46.5. The van der Waals surface area contributed by atoms with Crippen LogP contribution in [0.2, 0.25) is 0 Å². The van der Waals surface area contributed by atoms with Gasteiger partial charge >= 0.3 is 0 Å². The van der Waals surface area contributed by atoms with E-state index in [0.29, 0.717) is 11.5 Å². The average molecular weight is 462 g/mol. The number of pyridine rings is 1. The van der Waals surface area contributed by atoms with Crippen LogP contribution in [0.1, 0.15) is 51.2 Å². The number of halogens is 2. The monoisotopic (exact) mass is 461 g/mol. The predicted octanol–water partition coefficient (Wildman–Crippen LogP) is 6.84. The Bertz CT molecular complexity index is 1040. The van der Waals surface area contributed by atoms with Crippen molar-refractivity contribution >= 4 is 9.84 Å². The summed E-state index contributed by atoms with van der Waals surface area (Å²) >= 11 is 0. The molecule has 1 heterocycles. The Labute approximate surface area is 191 Å². The van der Waals surface area contributed by atoms with Gasteiger partial charge in [0.15, 0.2) is 0 Å². The lowest BCUT2D eigenvalue weighted by Gasteiger charge is -2.10. The topological polar surface area (TPSA) is 47.0 Å². The summed E-state index contributed by atoms with van der Waals surface area (Å²) in [5.74, 6) is -0.330. The molecule has 0 radical (unpaired) electrons. The third-order valence-electron chi connectivity index (χ3n) is 4.99. The summed E-state index contributed by atoms with van der Waals surface area (Å²) in [6.07, 6.45) is 7.05. The first-order chi connectivity index (χ1) is 15.1. The van der Waals surface area contributed by atoms with Crippen LogP contribution in [-0.4, -0.2) is 25.4 Å². The van der Waals surface area contributed by atoms with Crippen LogP contribution in [-0.2, 0) is 16.3 Å². The standard InChI is InChI=1S/C16H16F2.C7H9N.C3H8O2S/c1-3-11(2)12-4-6-13(7-5-12)15-9-8-14(17)10-16(15)18;1-2-7-4-3-5-8-6-7;1-3-6(2,4)5/h4-11H,3H2,1-2H3;3-6H,2H2,1H3;3H2,1-2H3. The predicted molar refractivity (Wildman–Crippen MR) is 129 cm³/mol. The zero-order valence-electron chi connectivity index (χ0n) is 19.5. The first-order valence-corrected chi connectivity index (χ1v) is 12.8. The van der Waals surface area contributed by atoms with E-state index in [-0.39, 0.29) is 5.75 Å². The molecular weight excluding hydrogens is 428 g/mol. The van der Waals surface area contributed by atoms with Gasteiger partial charge in [-0.25, -0.2) is 17.2 Å². The van der Waals surface area contributed by atoms with Crippen molar-refractivity contribution in [2.75, 3.05) is 12.0 Å². The fraction of sp³-hybridized carbons (Fsp3) is 0.346. The average Bonchev–Trinajstić information content (AvgIpc) is 2.79. The first-order valence-electron chi connectivity index (χ1n) is 10.7. The van der Waals surface area contributed by atoms with Crippen LogP contribution < -0.4 is 0 Å². The molecule has 32 heavy (non-hydrogen) atoms. The van der Waals surface area contributed by atoms with Gasteiger partial charge in [-0.05, 0) is 53.6 Å². The van der Waals surface area contributed by atoms with E-state index in [0.717, 1.165) is 24.5 Å². The number of aryl methyl sites for hydroxylation is 1. The molecule has 6 heteroatoms. The molecule has 0 aliphatic carbocycles. The van der Waals surface area contributed by atoms with Gasteiger partial charge in [0.2, 0.25) is 0 Å². The number of aromatic nitrogens is 1. The van der Waals surface area contributed by atoms with Crippen LogP contribution >= 0.6 is 0 Å². The van der Waals surface area contributed by atoms with Gasteiger partial charge in [-0.1, -0.05) is 58.0 Å². The molecule has 174 valence electrons. The fourth-order valence-electron chi connectivity index (χ4n) is 2.56. The molecule has 0 saturated carbocycles. The van der Waals surface area contributed by atoms with E-state index in [2.05, 4.69) is 31.8 Å². The van der Waals surface area contributed by atoms with Crippen molar-refractivity contribution in [1.29, 1.82) is 0 Å². The number of hydrogen-bond acceptors (Lipinski definition) is 3. The minimum Gasteiger partial charge on any atom is -0.264 e. The zero-order chi connectivity index (χ0) is 24.1. The Kier molecular flexibility index (Phi) is 11.8. The Hall–Kier alpha value is -2.60. The molecule has 0 spiro atoms. The van der Waals surface area contributed by atoms with Crippen molar-refractivity contribution in [3.63, 3.8) is 0 Å². The number of benzene rings is 2. The highest BCUT2D eigenvalue weighted by Crippen LogP contribution is 2.26. The molecule has 1 unspecified atom stereocenters. The van der Waals surface area contributed by atoms with Crippen LogP contribution in [0.25, 0.3) is 11.1 Å². The summed E-state index contributed by atoms with van der Waals surface area (Å²) in [5, 5.41) is 0. The van der Waals surface area contributed by atoms with Crippen LogP contribution in [0.3, 0.4) is 0 Å². The SMILES string of the molecule is CCC(C)c1ccc(-c2ccc(F)cc2F)cc1.CCS(C)(=O)=O.CCc1cccnc1. The third-order valence-corrected chi connectivity index (χ3v) is 6.04. The number of rotatable bonds is 5. The smallest absolute Gasteiger partial charge is 0.147 e. The molecule has 0 bridgehead atoms. The molecule has 2 aromatic carbocycles. The van der Waals surface area contributed by atoms with E-state index in [4.69, 9.17) is 0 Å². The Balaban J connectivity index is 0.000000301. The summed E-state index contributed by atoms with van der Waals surface area (Å²) in [6.45, 7) is 8.04. The van der Waals surface area contributed by atoms with Gasteiger partial charge < -0.3 is 0 Å². The summed E-state index contributed by atoms with van der Waals surface area (Å²) in [4.78, 5) is 3.96. The maximum atomic E-state index is 13.6. The summed E-state index contributed by atoms with van der Waals surface area (Å²) in [7, 11) is -2.66. The highest BCUT2D eigenvalue weighted by Gasteiger charge is 2.07. The largest absolute Gasteiger partial charge is 0.264 e. The van der Waals surface area contributed by atoms with E-state index in [1.165, 1.54) is 29.5 Å². The van der Waals surface area contributed by atoms with Gasteiger partial charge in [-0.2, -0.15) is 0 Å². The molecule has 0 aliphatic heterocycles. The number of sulfone groups is 1. The van der Waals surface area contributed by atoms with Crippen LogP contribution in [0.5, 0.6) is 0 Å². The molecule has 3 rings (SSSR count). The van der Waals surface area contributed by atoms with Crippen LogP contribution in [0.4, 0.5) is 8.78 Å². The van der Waals surface area contributed by atoms with E-state index in [9.17, 15) is 17.2 Å². The summed E-state index contributed by atoms with van der Waals surface area (Å²) in [6, 6.07) is 15.5. The van der Waals surface area contributed by atoms with Crippen molar-refractivity contribution in [3.05, 3.63) is 89.8 Å². The lowest BCUT2D eigenvalue weighted by molar-refractivity contribution is 0.585. The summed E-state index contributed by atoms with van der Waals surface area (Å²) in [5.41, 5.74) is 3.75. The molecule has 1 atom stereocenters. The lowest BCUT2D eigenvalue weighted by Crippen LogP contribution is -1.96. The Morgan fingerprint density at radius 2 is 1.59 bits per heavy atom. The fourth-order valence-corrected chi connectivity index (χ4v) is 2.56. The van der Waals surface area contributed by atoms with E-state index >= 15 is 0 Å². The molecule has 1 aromatic heterocycles. The number of hydrogen-bond donors (Lipinski definition) is 0. The van der Waals surface area contributed by atoms with E-state index in [1.807, 2.05) is 36.5 Å². The maximum absolute atomic E-state index is 13.6. The maximum Gasteiger partial charge on any atom is 0.147 e. The van der Waals surface area contributed by atoms with Crippen LogP contribution in [0, 0.1) is 11.6 Å². The second-order valence-electron chi connectivity index (χ2n) is 7.48. The van der Waals surface area contributed by atoms with Gasteiger partial charge in [0.1, 0.15) is 21.5 Å². The molecule has 0 amide bonds. The highest BCUT2D eigenvalue weighted by molar-refractivity contribution is 7.90. The molecule has 3 nitrogen and oxygen atoms in total. The van der Waals surface area contributed by atoms with Gasteiger partial charge in [0, 0.05) is 36.0 Å². The van der Waals surface area contributed by atoms with E-state index < -0.39 is 21.5 Å². The van der Waals surface area contributed by atoms with Crippen molar-refractivity contribution < 1.29 is 17.2 Å². The second-order valence-corrected chi connectivity index (χ2v) is 9.91. The van der Waals surface area contributed by atoms with Crippen molar-refractivity contribution in [2.45, 2.75) is 46.5 Å². The quantitative estimate of drug-likeness (QED) is 0.418. The van der Waals surface area contributed by atoms with Crippen molar-refractivity contribution in [3.8, 4) is 11.1 Å². The molecule has 0 aliphatic rings. The third kappa shape index (κ3) is 10.1. The lowest BCUT2D eigenvalue weighted by atomic mass is 9.96. The Morgan fingerprint density at radius 3 is 2.00 bits per heavy atom. The van der Waals surface area contributed by atoms with Crippen molar-refractivity contribution in [2.24, 2.45) is 0 Å². The molecule has 0 saturated heterocycles. The molecule has 0 fully saturated rings. The first kappa shape index (κ1) is 27.4. The molecule has 0 N–H and O–H groups in total. The van der Waals surface area contributed by atoms with Gasteiger partial charge in [-0.15, -0.1) is 0 Å². The van der Waals surface area contributed by atoms with Gasteiger partial charge in [-0.3, -0.25) is 4.98 Å². The normalized spacial score (nSPS) is 11.5. The minimum absolute atomic E-state index is 0.243. The highest BCUT2D eigenvalue weighted by atomic mass is 32.2. The van der Waals surface area contributed by atoms with E-state index in [1.54, 1.807) is 13.1 Å². The van der Waals surface area contributed by atoms with Crippen LogP contribution in [0.15, 0.2) is 67.0 Å².